The molecule has 0 saturated carbocycles. The van der Waals surface area contributed by atoms with Gasteiger partial charge in [0.05, 0.1) is 0 Å². The first-order valence-electron chi connectivity index (χ1n) is 9.35. The monoisotopic (exact) mass is 342 g/mol. The van der Waals surface area contributed by atoms with Crippen molar-refractivity contribution in [3.05, 3.63) is 53.9 Å². The average Bonchev–Trinajstić information content (AvgIpc) is 3.13. The van der Waals surface area contributed by atoms with Gasteiger partial charge in [-0.1, -0.05) is 24.3 Å². The third kappa shape index (κ3) is 5.14. The number of aliphatic hydroxyl groups excluding tert-OH is 1. The van der Waals surface area contributed by atoms with Crippen molar-refractivity contribution >= 4 is 0 Å². The Bertz CT molecular complexity index is 628. The molecular formula is C20H30N4O. The van der Waals surface area contributed by atoms with E-state index in [1.54, 1.807) is 0 Å². The molecule has 1 N–H and O–H groups in total. The van der Waals surface area contributed by atoms with Gasteiger partial charge in [0.25, 0.3) is 0 Å². The second-order valence-corrected chi connectivity index (χ2v) is 6.99. The normalized spacial score (nSPS) is 19.4. The summed E-state index contributed by atoms with van der Waals surface area (Å²) < 4.78 is 2.00. The lowest BCUT2D eigenvalue weighted by molar-refractivity contribution is 0.0524. The molecule has 0 aliphatic carbocycles. The highest BCUT2D eigenvalue weighted by molar-refractivity contribution is 5.25. The first-order valence-corrected chi connectivity index (χ1v) is 9.35. The van der Waals surface area contributed by atoms with Crippen LogP contribution in [0.2, 0.25) is 0 Å². The second kappa shape index (κ2) is 9.13. The topological polar surface area (TPSA) is 44.5 Å². The summed E-state index contributed by atoms with van der Waals surface area (Å²) in [4.78, 5) is 5.08. The Morgan fingerprint density at radius 2 is 2.04 bits per heavy atom. The smallest absolute Gasteiger partial charge is 0.0489 e. The number of nitrogens with zero attached hydrogens (tertiary/aromatic N) is 4. The van der Waals surface area contributed by atoms with Gasteiger partial charge in [-0.3, -0.25) is 9.58 Å². The van der Waals surface area contributed by atoms with Crippen LogP contribution in [0.4, 0.5) is 0 Å². The van der Waals surface area contributed by atoms with Gasteiger partial charge < -0.3 is 10.0 Å². The van der Waals surface area contributed by atoms with Crippen molar-refractivity contribution in [2.45, 2.75) is 38.9 Å². The molecular weight excluding hydrogens is 312 g/mol. The fraction of sp³-hybridized carbons (Fsp3) is 0.550. The minimum atomic E-state index is 0.260. The molecule has 0 radical (unpaired) electrons. The maximum absolute atomic E-state index is 9.49. The summed E-state index contributed by atoms with van der Waals surface area (Å²) in [6.07, 6.45) is 5.82. The highest BCUT2D eigenvalue weighted by Crippen LogP contribution is 2.18. The van der Waals surface area contributed by atoms with Gasteiger partial charge in [-0.2, -0.15) is 5.10 Å². The SMILES string of the molecule is Cc1ccccc1CN1CCN(CCCn2cccn2)C[C@H]1CCO. The van der Waals surface area contributed by atoms with E-state index in [4.69, 9.17) is 0 Å². The number of piperazine rings is 1. The van der Waals surface area contributed by atoms with Crippen LogP contribution in [-0.2, 0) is 13.1 Å². The summed E-state index contributed by atoms with van der Waals surface area (Å²) in [5.41, 5.74) is 2.75. The quantitative estimate of drug-likeness (QED) is 0.798. The molecule has 136 valence electrons. The molecule has 1 fully saturated rings. The third-order valence-corrected chi connectivity index (χ3v) is 5.21. The van der Waals surface area contributed by atoms with Crippen LogP contribution in [0.3, 0.4) is 0 Å². The van der Waals surface area contributed by atoms with Gasteiger partial charge in [0.15, 0.2) is 0 Å². The fourth-order valence-corrected chi connectivity index (χ4v) is 3.69. The first kappa shape index (κ1) is 18.1. The Hall–Kier alpha value is -1.69. The first-order chi connectivity index (χ1) is 12.3. The van der Waals surface area contributed by atoms with Crippen molar-refractivity contribution in [1.82, 2.24) is 19.6 Å². The van der Waals surface area contributed by atoms with E-state index in [1.165, 1.54) is 11.1 Å². The molecule has 0 spiro atoms. The van der Waals surface area contributed by atoms with E-state index in [9.17, 15) is 5.11 Å². The largest absolute Gasteiger partial charge is 0.396 e. The Balaban J connectivity index is 1.52. The van der Waals surface area contributed by atoms with Gasteiger partial charge in [-0.15, -0.1) is 0 Å². The van der Waals surface area contributed by atoms with E-state index in [0.29, 0.717) is 6.04 Å². The number of hydrogen-bond acceptors (Lipinski definition) is 4. The summed E-state index contributed by atoms with van der Waals surface area (Å²) in [5.74, 6) is 0. The lowest BCUT2D eigenvalue weighted by atomic mass is 10.0. The molecule has 1 atom stereocenters. The maximum Gasteiger partial charge on any atom is 0.0489 e. The minimum absolute atomic E-state index is 0.260. The standard InChI is InChI=1S/C20H30N4O/c1-18-6-2-3-7-19(18)16-23-14-13-22(17-20(23)8-15-25)10-5-12-24-11-4-9-21-24/h2-4,6-7,9,11,20,25H,5,8,10,12-17H2,1H3/t20-/m1/s1. The van der Waals surface area contributed by atoms with Crippen LogP contribution >= 0.6 is 0 Å². The van der Waals surface area contributed by atoms with Crippen molar-refractivity contribution in [3.8, 4) is 0 Å². The zero-order valence-electron chi connectivity index (χ0n) is 15.2. The summed E-state index contributed by atoms with van der Waals surface area (Å²) in [6, 6.07) is 11.0. The highest BCUT2D eigenvalue weighted by Gasteiger charge is 2.26. The van der Waals surface area contributed by atoms with Gasteiger partial charge >= 0.3 is 0 Å². The minimum Gasteiger partial charge on any atom is -0.396 e. The van der Waals surface area contributed by atoms with Crippen LogP contribution in [0.1, 0.15) is 24.0 Å². The number of aliphatic hydroxyl groups is 1. The molecule has 0 amide bonds. The maximum atomic E-state index is 9.49. The van der Waals surface area contributed by atoms with Crippen LogP contribution in [0.25, 0.3) is 0 Å². The zero-order chi connectivity index (χ0) is 17.5. The van der Waals surface area contributed by atoms with Crippen molar-refractivity contribution in [2.24, 2.45) is 0 Å². The Kier molecular flexibility index (Phi) is 6.62. The zero-order valence-corrected chi connectivity index (χ0v) is 15.2. The van der Waals surface area contributed by atoms with Gasteiger partial charge in [0, 0.05) is 64.3 Å². The number of aryl methyl sites for hydroxylation is 2. The van der Waals surface area contributed by atoms with Crippen molar-refractivity contribution in [2.75, 3.05) is 32.8 Å². The van der Waals surface area contributed by atoms with E-state index >= 15 is 0 Å². The van der Waals surface area contributed by atoms with Crippen LogP contribution in [-0.4, -0.2) is 63.5 Å². The summed E-state index contributed by atoms with van der Waals surface area (Å²) in [7, 11) is 0. The van der Waals surface area contributed by atoms with Crippen molar-refractivity contribution in [1.29, 1.82) is 0 Å². The summed E-state index contributed by atoms with van der Waals surface area (Å²) >= 11 is 0. The fourth-order valence-electron chi connectivity index (χ4n) is 3.69. The van der Waals surface area contributed by atoms with Gasteiger partial charge in [0.2, 0.25) is 0 Å². The molecule has 3 rings (SSSR count). The number of benzene rings is 1. The molecule has 1 aliphatic rings. The molecule has 2 heterocycles. The predicted molar refractivity (Wildman–Crippen MR) is 100 cm³/mol. The van der Waals surface area contributed by atoms with Gasteiger partial charge in [-0.25, -0.2) is 0 Å². The molecule has 1 saturated heterocycles. The molecule has 5 nitrogen and oxygen atoms in total. The number of hydrogen-bond donors (Lipinski definition) is 1. The van der Waals surface area contributed by atoms with Crippen LogP contribution < -0.4 is 0 Å². The molecule has 0 unspecified atom stereocenters. The van der Waals surface area contributed by atoms with E-state index in [2.05, 4.69) is 46.1 Å². The number of rotatable bonds is 8. The van der Waals surface area contributed by atoms with E-state index in [0.717, 1.165) is 52.1 Å². The van der Waals surface area contributed by atoms with Crippen LogP contribution in [0, 0.1) is 6.92 Å². The van der Waals surface area contributed by atoms with Gasteiger partial charge in [-0.05, 0) is 37.0 Å². The van der Waals surface area contributed by atoms with Crippen molar-refractivity contribution in [3.63, 3.8) is 0 Å². The van der Waals surface area contributed by atoms with Crippen LogP contribution in [0.5, 0.6) is 0 Å². The molecule has 5 heteroatoms. The third-order valence-electron chi connectivity index (χ3n) is 5.21. The molecule has 1 aliphatic heterocycles. The Morgan fingerprint density at radius 1 is 1.16 bits per heavy atom. The molecule has 2 aromatic rings. The molecule has 1 aromatic carbocycles. The molecule has 1 aromatic heterocycles. The average molecular weight is 342 g/mol. The summed E-state index contributed by atoms with van der Waals surface area (Å²) in [6.45, 7) is 8.72. The second-order valence-electron chi connectivity index (χ2n) is 6.99. The van der Waals surface area contributed by atoms with Crippen molar-refractivity contribution < 1.29 is 5.11 Å². The van der Waals surface area contributed by atoms with E-state index in [-0.39, 0.29) is 6.61 Å². The van der Waals surface area contributed by atoms with Crippen LogP contribution in [0.15, 0.2) is 42.7 Å². The predicted octanol–water partition coefficient (Wildman–Crippen LogP) is 2.15. The molecule has 25 heavy (non-hydrogen) atoms. The summed E-state index contributed by atoms with van der Waals surface area (Å²) in [5, 5.41) is 13.8. The lowest BCUT2D eigenvalue weighted by Gasteiger charge is -2.41. The lowest BCUT2D eigenvalue weighted by Crippen LogP contribution is -2.53. The Labute approximate surface area is 150 Å². The molecule has 0 bridgehead atoms. The number of aromatic nitrogens is 2. The highest BCUT2D eigenvalue weighted by atomic mass is 16.3. The van der Waals surface area contributed by atoms with E-state index in [1.807, 2.05) is 23.1 Å². The van der Waals surface area contributed by atoms with E-state index < -0.39 is 0 Å². The Morgan fingerprint density at radius 3 is 2.80 bits per heavy atom. The van der Waals surface area contributed by atoms with Gasteiger partial charge in [0.1, 0.15) is 0 Å².